The molecule has 5 rings (SSSR count). The number of Topliss-reactive ketones (excluding diaryl/α,β-unsaturated/α-hetero) is 1. The van der Waals surface area contributed by atoms with E-state index in [1.165, 1.54) is 35.4 Å². The Balaban J connectivity index is 1.65. The number of hydrogen-bond donors (Lipinski definition) is 1. The third-order valence-electron chi connectivity index (χ3n) is 5.26. The molecule has 158 valence electrons. The van der Waals surface area contributed by atoms with Gasteiger partial charge in [-0.15, -0.1) is 0 Å². The van der Waals surface area contributed by atoms with Gasteiger partial charge in [0.1, 0.15) is 11.4 Å². The van der Waals surface area contributed by atoms with Crippen LogP contribution in [0.2, 0.25) is 0 Å². The van der Waals surface area contributed by atoms with Crippen LogP contribution in [0.3, 0.4) is 0 Å². The standard InChI is InChI=1S/C24H14BrFN2O4/c25-15-3-8-18-14(10-15)11-19(32-18)22(29)20-21(13-2-1-9-27-12-13)28(24(31)23(20)30)17-6-4-16(26)5-7-17/h1-12,21,30H. The summed E-state index contributed by atoms with van der Waals surface area (Å²) >= 11 is 3.38. The highest BCUT2D eigenvalue weighted by Crippen LogP contribution is 2.42. The molecule has 3 heterocycles. The predicted molar refractivity (Wildman–Crippen MR) is 119 cm³/mol. The van der Waals surface area contributed by atoms with Crippen molar-refractivity contribution in [2.45, 2.75) is 6.04 Å². The highest BCUT2D eigenvalue weighted by Gasteiger charge is 2.45. The van der Waals surface area contributed by atoms with Crippen LogP contribution in [-0.4, -0.2) is 21.8 Å². The van der Waals surface area contributed by atoms with E-state index in [0.717, 1.165) is 4.47 Å². The molecular formula is C24H14BrFN2O4. The van der Waals surface area contributed by atoms with Crippen LogP contribution in [0.25, 0.3) is 11.0 Å². The summed E-state index contributed by atoms with van der Waals surface area (Å²) in [6.07, 6.45) is 3.07. The number of aliphatic hydroxyl groups excluding tert-OH is 1. The summed E-state index contributed by atoms with van der Waals surface area (Å²) in [6, 6.07) is 14.5. The lowest BCUT2D eigenvalue weighted by molar-refractivity contribution is -0.117. The summed E-state index contributed by atoms with van der Waals surface area (Å²) in [4.78, 5) is 31.9. The number of rotatable bonds is 4. The van der Waals surface area contributed by atoms with Crippen LogP contribution in [-0.2, 0) is 4.79 Å². The largest absolute Gasteiger partial charge is 0.503 e. The Kier molecular flexibility index (Phi) is 4.86. The lowest BCUT2D eigenvalue weighted by Crippen LogP contribution is -2.31. The van der Waals surface area contributed by atoms with Crippen LogP contribution < -0.4 is 4.90 Å². The molecule has 2 aromatic heterocycles. The monoisotopic (exact) mass is 492 g/mol. The lowest BCUT2D eigenvalue weighted by atomic mass is 9.96. The Morgan fingerprint density at radius 3 is 2.62 bits per heavy atom. The summed E-state index contributed by atoms with van der Waals surface area (Å²) in [6.45, 7) is 0. The highest BCUT2D eigenvalue weighted by atomic mass is 79.9. The van der Waals surface area contributed by atoms with E-state index in [1.807, 2.05) is 0 Å². The fourth-order valence-electron chi connectivity index (χ4n) is 3.82. The molecular weight excluding hydrogens is 479 g/mol. The molecule has 0 saturated carbocycles. The average molecular weight is 493 g/mol. The fraction of sp³-hybridized carbons (Fsp3) is 0.0417. The molecule has 1 atom stereocenters. The maximum absolute atomic E-state index is 13.5. The Bertz CT molecular complexity index is 1400. The Morgan fingerprint density at radius 1 is 1.12 bits per heavy atom. The number of fused-ring (bicyclic) bond motifs is 1. The Morgan fingerprint density at radius 2 is 1.91 bits per heavy atom. The van der Waals surface area contributed by atoms with Gasteiger partial charge >= 0.3 is 0 Å². The zero-order valence-corrected chi connectivity index (χ0v) is 17.9. The van der Waals surface area contributed by atoms with E-state index in [-0.39, 0.29) is 11.3 Å². The number of furan rings is 1. The van der Waals surface area contributed by atoms with Gasteiger partial charge in [-0.05, 0) is 60.2 Å². The molecule has 1 aliphatic heterocycles. The van der Waals surface area contributed by atoms with Gasteiger partial charge in [0.05, 0.1) is 11.6 Å². The van der Waals surface area contributed by atoms with Crippen LogP contribution in [0.4, 0.5) is 10.1 Å². The number of carbonyl (C=O) groups is 2. The molecule has 0 radical (unpaired) electrons. The minimum atomic E-state index is -0.964. The number of carbonyl (C=O) groups excluding carboxylic acids is 2. The maximum Gasteiger partial charge on any atom is 0.294 e. The van der Waals surface area contributed by atoms with Gasteiger partial charge in [0.25, 0.3) is 5.91 Å². The molecule has 0 aliphatic carbocycles. The predicted octanol–water partition coefficient (Wildman–Crippen LogP) is 5.51. The van der Waals surface area contributed by atoms with Gasteiger partial charge in [-0.2, -0.15) is 0 Å². The van der Waals surface area contributed by atoms with Crippen LogP contribution in [0, 0.1) is 5.82 Å². The Hall–Kier alpha value is -3.78. The number of ketones is 1. The first-order valence-electron chi connectivity index (χ1n) is 9.60. The first-order valence-corrected chi connectivity index (χ1v) is 10.4. The maximum atomic E-state index is 13.5. The quantitative estimate of drug-likeness (QED) is 0.379. The molecule has 2 aromatic carbocycles. The van der Waals surface area contributed by atoms with Gasteiger partial charge < -0.3 is 9.52 Å². The second-order valence-electron chi connectivity index (χ2n) is 7.22. The van der Waals surface area contributed by atoms with Crippen molar-refractivity contribution in [3.05, 3.63) is 106 Å². The SMILES string of the molecule is O=C(C1=C(O)C(=O)N(c2ccc(F)cc2)C1c1cccnc1)c1cc2cc(Br)ccc2o1. The van der Waals surface area contributed by atoms with Crippen LogP contribution in [0.15, 0.2) is 93.3 Å². The molecule has 0 bridgehead atoms. The molecule has 0 spiro atoms. The van der Waals surface area contributed by atoms with Gasteiger partial charge in [0.15, 0.2) is 11.5 Å². The molecule has 1 amide bonds. The molecule has 32 heavy (non-hydrogen) atoms. The summed E-state index contributed by atoms with van der Waals surface area (Å²) < 4.78 is 20.0. The van der Waals surface area contributed by atoms with E-state index in [0.29, 0.717) is 22.2 Å². The van der Waals surface area contributed by atoms with Crippen molar-refractivity contribution in [3.63, 3.8) is 0 Å². The summed E-state index contributed by atoms with van der Waals surface area (Å²) in [5, 5.41) is 11.4. The third-order valence-corrected chi connectivity index (χ3v) is 5.75. The van der Waals surface area contributed by atoms with Crippen molar-refractivity contribution in [2.75, 3.05) is 4.90 Å². The zero-order chi connectivity index (χ0) is 22.4. The number of amides is 1. The third kappa shape index (κ3) is 3.29. The Labute approximate surface area is 189 Å². The van der Waals surface area contributed by atoms with Gasteiger partial charge in [-0.25, -0.2) is 4.39 Å². The number of aromatic nitrogens is 1. The molecule has 1 aliphatic rings. The van der Waals surface area contributed by atoms with E-state index >= 15 is 0 Å². The fourth-order valence-corrected chi connectivity index (χ4v) is 4.20. The van der Waals surface area contributed by atoms with E-state index < -0.39 is 29.3 Å². The first kappa shape index (κ1) is 20.1. The summed E-state index contributed by atoms with van der Waals surface area (Å²) in [5.74, 6) is -2.56. The topological polar surface area (TPSA) is 83.6 Å². The average Bonchev–Trinajstić information content (AvgIpc) is 3.33. The van der Waals surface area contributed by atoms with Crippen molar-refractivity contribution in [1.29, 1.82) is 0 Å². The molecule has 8 heteroatoms. The second-order valence-corrected chi connectivity index (χ2v) is 8.14. The number of benzene rings is 2. The van der Waals surface area contributed by atoms with E-state index in [2.05, 4.69) is 20.9 Å². The smallest absolute Gasteiger partial charge is 0.294 e. The minimum absolute atomic E-state index is 0.0118. The molecule has 1 N–H and O–H groups in total. The van der Waals surface area contributed by atoms with E-state index in [4.69, 9.17) is 4.42 Å². The first-order chi connectivity index (χ1) is 15.4. The molecule has 4 aromatic rings. The number of nitrogens with zero attached hydrogens (tertiary/aromatic N) is 2. The van der Waals surface area contributed by atoms with Crippen molar-refractivity contribution in [3.8, 4) is 0 Å². The number of aliphatic hydroxyl groups is 1. The molecule has 0 saturated heterocycles. The highest BCUT2D eigenvalue weighted by molar-refractivity contribution is 9.10. The molecule has 0 fully saturated rings. The van der Waals surface area contributed by atoms with E-state index in [9.17, 15) is 19.1 Å². The van der Waals surface area contributed by atoms with Crippen LogP contribution in [0.1, 0.15) is 22.2 Å². The van der Waals surface area contributed by atoms with Crippen molar-refractivity contribution >= 4 is 44.3 Å². The van der Waals surface area contributed by atoms with Gasteiger partial charge in [0.2, 0.25) is 5.78 Å². The zero-order valence-electron chi connectivity index (χ0n) is 16.3. The van der Waals surface area contributed by atoms with Gasteiger partial charge in [-0.3, -0.25) is 19.5 Å². The molecule has 1 unspecified atom stereocenters. The number of halogens is 2. The van der Waals surface area contributed by atoms with Crippen molar-refractivity contribution in [2.24, 2.45) is 0 Å². The van der Waals surface area contributed by atoms with E-state index in [1.54, 1.807) is 42.6 Å². The summed E-state index contributed by atoms with van der Waals surface area (Å²) in [7, 11) is 0. The number of pyridine rings is 1. The minimum Gasteiger partial charge on any atom is -0.503 e. The lowest BCUT2D eigenvalue weighted by Gasteiger charge is -2.26. The van der Waals surface area contributed by atoms with Gasteiger partial charge in [0, 0.05) is 27.9 Å². The number of anilines is 1. The normalized spacial score (nSPS) is 16.2. The van der Waals surface area contributed by atoms with Gasteiger partial charge in [-0.1, -0.05) is 22.0 Å². The second kappa shape index (κ2) is 7.72. The van der Waals surface area contributed by atoms with Crippen molar-refractivity contribution in [1.82, 2.24) is 4.98 Å². The molecule has 6 nitrogen and oxygen atoms in total. The van der Waals surface area contributed by atoms with Crippen molar-refractivity contribution < 1.29 is 23.5 Å². The van der Waals surface area contributed by atoms with Crippen LogP contribution >= 0.6 is 15.9 Å². The van der Waals surface area contributed by atoms with Crippen LogP contribution in [0.5, 0.6) is 0 Å². The number of hydrogen-bond acceptors (Lipinski definition) is 5. The summed E-state index contributed by atoms with van der Waals surface area (Å²) in [5.41, 5.74) is 1.20.